The molecule has 1 aliphatic rings. The van der Waals surface area contributed by atoms with Crippen molar-refractivity contribution in [2.45, 2.75) is 18.9 Å². The van der Waals surface area contributed by atoms with Crippen molar-refractivity contribution in [3.63, 3.8) is 0 Å². The second-order valence-corrected chi connectivity index (χ2v) is 7.78. The Bertz CT molecular complexity index is 1380. The Kier molecular flexibility index (Phi) is 4.84. The van der Waals surface area contributed by atoms with Crippen LogP contribution in [0.4, 0.5) is 5.82 Å². The Morgan fingerprint density at radius 1 is 1.12 bits per heavy atom. The molecular formula is C24H24N8. The van der Waals surface area contributed by atoms with Gasteiger partial charge in [0.05, 0.1) is 17.0 Å². The molecule has 0 saturated carbocycles. The highest BCUT2D eigenvalue weighted by molar-refractivity contribution is 5.84. The number of nitrogens with two attached hydrogens (primary N) is 4. The molecule has 8 heteroatoms. The molecule has 160 valence electrons. The van der Waals surface area contributed by atoms with Gasteiger partial charge in [-0.05, 0) is 78.7 Å². The summed E-state index contributed by atoms with van der Waals surface area (Å²) in [5, 5.41) is 0. The average molecular weight is 425 g/mol. The van der Waals surface area contributed by atoms with Crippen molar-refractivity contribution < 1.29 is 0 Å². The SMILES string of the molecule is N/C=C\C=C(/N)c1ccc2nc(-c3cccnc3N)n(-c3ccc4c(c3)CCC4N)c2n1. The lowest BCUT2D eigenvalue weighted by Gasteiger charge is -2.13. The molecule has 1 atom stereocenters. The minimum Gasteiger partial charge on any atom is -0.405 e. The monoisotopic (exact) mass is 424 g/mol. The minimum atomic E-state index is 0.0808. The summed E-state index contributed by atoms with van der Waals surface area (Å²) in [6, 6.07) is 13.9. The Morgan fingerprint density at radius 2 is 2.00 bits per heavy atom. The maximum Gasteiger partial charge on any atom is 0.165 e. The standard InChI is InChI=1S/C24H24N8/c25-11-1-4-19(27)20-9-10-21-24(30-20)32(23(31-21)17-3-2-12-29-22(17)28)15-6-7-16-14(13-15)5-8-18(16)26/h1-4,6-7,9-13,18H,5,8,25-27H2,(H2,28,29)/b11-1-,19-4-. The van der Waals surface area contributed by atoms with Crippen LogP contribution in [0.2, 0.25) is 0 Å². The van der Waals surface area contributed by atoms with Crippen LogP contribution in [-0.4, -0.2) is 19.5 Å². The van der Waals surface area contributed by atoms with E-state index in [4.69, 9.17) is 32.9 Å². The van der Waals surface area contributed by atoms with E-state index in [1.165, 1.54) is 17.3 Å². The van der Waals surface area contributed by atoms with Crippen LogP contribution in [0.15, 0.2) is 67.0 Å². The van der Waals surface area contributed by atoms with Crippen LogP contribution < -0.4 is 22.9 Å². The molecule has 0 saturated heterocycles. The number of anilines is 1. The Hall–Kier alpha value is -4.17. The Morgan fingerprint density at radius 3 is 2.81 bits per heavy atom. The third-order valence-electron chi connectivity index (χ3n) is 5.78. The fourth-order valence-corrected chi connectivity index (χ4v) is 4.17. The number of fused-ring (bicyclic) bond motifs is 2. The number of nitrogens with zero attached hydrogens (tertiary/aromatic N) is 4. The predicted octanol–water partition coefficient (Wildman–Crippen LogP) is 2.78. The van der Waals surface area contributed by atoms with Gasteiger partial charge in [0.1, 0.15) is 11.3 Å². The maximum atomic E-state index is 6.25. The summed E-state index contributed by atoms with van der Waals surface area (Å²) in [5.74, 6) is 1.07. The van der Waals surface area contributed by atoms with Gasteiger partial charge in [0.25, 0.3) is 0 Å². The molecule has 4 aromatic rings. The van der Waals surface area contributed by atoms with E-state index in [-0.39, 0.29) is 6.04 Å². The van der Waals surface area contributed by atoms with E-state index in [1.54, 1.807) is 18.3 Å². The zero-order valence-corrected chi connectivity index (χ0v) is 17.4. The zero-order valence-electron chi connectivity index (χ0n) is 17.4. The highest BCUT2D eigenvalue weighted by Crippen LogP contribution is 2.34. The van der Waals surface area contributed by atoms with E-state index in [2.05, 4.69) is 17.1 Å². The van der Waals surface area contributed by atoms with Crippen LogP contribution >= 0.6 is 0 Å². The van der Waals surface area contributed by atoms with Gasteiger partial charge in [-0.1, -0.05) is 6.07 Å². The molecule has 0 amide bonds. The lowest BCUT2D eigenvalue weighted by molar-refractivity contribution is 0.713. The second-order valence-electron chi connectivity index (χ2n) is 7.78. The van der Waals surface area contributed by atoms with Gasteiger partial charge in [-0.25, -0.2) is 15.0 Å². The molecule has 0 fully saturated rings. The highest BCUT2D eigenvalue weighted by atomic mass is 15.1. The molecule has 8 N–H and O–H groups in total. The van der Waals surface area contributed by atoms with Crippen molar-refractivity contribution in [3.8, 4) is 17.1 Å². The lowest BCUT2D eigenvalue weighted by atomic mass is 10.1. The zero-order chi connectivity index (χ0) is 22.2. The van der Waals surface area contributed by atoms with Crippen molar-refractivity contribution in [1.29, 1.82) is 0 Å². The van der Waals surface area contributed by atoms with Crippen molar-refractivity contribution in [3.05, 3.63) is 83.8 Å². The smallest absolute Gasteiger partial charge is 0.165 e. The van der Waals surface area contributed by atoms with Gasteiger partial charge in [-0.2, -0.15) is 0 Å². The maximum absolute atomic E-state index is 6.25. The van der Waals surface area contributed by atoms with E-state index in [0.717, 1.165) is 29.6 Å². The first-order valence-electron chi connectivity index (χ1n) is 10.4. The molecular weight excluding hydrogens is 400 g/mol. The first-order chi connectivity index (χ1) is 15.6. The summed E-state index contributed by atoms with van der Waals surface area (Å²) < 4.78 is 2.00. The predicted molar refractivity (Wildman–Crippen MR) is 127 cm³/mol. The first-order valence-corrected chi connectivity index (χ1v) is 10.4. The van der Waals surface area contributed by atoms with Crippen molar-refractivity contribution in [2.24, 2.45) is 17.2 Å². The van der Waals surface area contributed by atoms with Crippen LogP contribution in [0, 0.1) is 0 Å². The van der Waals surface area contributed by atoms with Gasteiger partial charge < -0.3 is 22.9 Å². The van der Waals surface area contributed by atoms with Crippen LogP contribution in [0.1, 0.15) is 29.3 Å². The second kappa shape index (κ2) is 7.82. The van der Waals surface area contributed by atoms with Crippen LogP contribution in [0.5, 0.6) is 0 Å². The summed E-state index contributed by atoms with van der Waals surface area (Å²) in [5.41, 5.74) is 30.8. The molecule has 5 rings (SSSR count). The number of hydrogen-bond acceptors (Lipinski definition) is 7. The van der Waals surface area contributed by atoms with Crippen LogP contribution in [0.25, 0.3) is 33.9 Å². The summed E-state index contributed by atoms with van der Waals surface area (Å²) in [6.45, 7) is 0. The molecule has 32 heavy (non-hydrogen) atoms. The van der Waals surface area contributed by atoms with Gasteiger partial charge in [-0.15, -0.1) is 0 Å². The van der Waals surface area contributed by atoms with E-state index in [9.17, 15) is 0 Å². The number of pyridine rings is 2. The lowest BCUT2D eigenvalue weighted by Crippen LogP contribution is -2.06. The molecule has 1 aromatic carbocycles. The molecule has 8 nitrogen and oxygen atoms in total. The third-order valence-corrected chi connectivity index (χ3v) is 5.78. The molecule has 0 radical (unpaired) electrons. The summed E-state index contributed by atoms with van der Waals surface area (Å²) in [4.78, 5) is 13.9. The number of benzene rings is 1. The molecule has 3 heterocycles. The largest absolute Gasteiger partial charge is 0.405 e. The van der Waals surface area contributed by atoms with Gasteiger partial charge in [-0.3, -0.25) is 4.57 Å². The molecule has 1 unspecified atom stereocenters. The highest BCUT2D eigenvalue weighted by Gasteiger charge is 2.22. The molecule has 1 aliphatic carbocycles. The van der Waals surface area contributed by atoms with Crippen LogP contribution in [0.3, 0.4) is 0 Å². The quantitative estimate of drug-likeness (QED) is 0.368. The summed E-state index contributed by atoms with van der Waals surface area (Å²) in [7, 11) is 0. The van der Waals surface area contributed by atoms with E-state index in [1.807, 2.05) is 34.9 Å². The molecule has 0 bridgehead atoms. The fourth-order valence-electron chi connectivity index (χ4n) is 4.17. The third kappa shape index (κ3) is 3.27. The van der Waals surface area contributed by atoms with Gasteiger partial charge >= 0.3 is 0 Å². The fraction of sp³-hybridized carbons (Fsp3) is 0.125. The van der Waals surface area contributed by atoms with Crippen molar-refractivity contribution >= 4 is 22.7 Å². The molecule has 0 aliphatic heterocycles. The number of allylic oxidation sites excluding steroid dienone is 2. The first kappa shape index (κ1) is 19.8. The number of nitrogen functional groups attached to an aromatic ring is 1. The summed E-state index contributed by atoms with van der Waals surface area (Å²) >= 11 is 0. The average Bonchev–Trinajstić information content (AvgIpc) is 3.37. The Balaban J connectivity index is 1.78. The molecule has 0 spiro atoms. The molecule has 3 aromatic heterocycles. The number of rotatable bonds is 4. The Labute approximate surface area is 185 Å². The van der Waals surface area contributed by atoms with Crippen molar-refractivity contribution in [1.82, 2.24) is 19.5 Å². The van der Waals surface area contributed by atoms with E-state index < -0.39 is 0 Å². The number of hydrogen-bond donors (Lipinski definition) is 4. The van der Waals surface area contributed by atoms with Gasteiger partial charge in [0.15, 0.2) is 11.5 Å². The van der Waals surface area contributed by atoms with Crippen molar-refractivity contribution in [2.75, 3.05) is 5.73 Å². The van der Waals surface area contributed by atoms with Crippen LogP contribution in [-0.2, 0) is 6.42 Å². The summed E-state index contributed by atoms with van der Waals surface area (Å²) in [6.07, 6.45) is 8.37. The van der Waals surface area contributed by atoms with Gasteiger partial charge in [0, 0.05) is 17.9 Å². The number of imidazole rings is 1. The van der Waals surface area contributed by atoms with E-state index >= 15 is 0 Å². The topological polar surface area (TPSA) is 148 Å². The normalized spacial score (nSPS) is 16.2. The van der Waals surface area contributed by atoms with Gasteiger partial charge in [0.2, 0.25) is 0 Å². The minimum absolute atomic E-state index is 0.0808. The van der Waals surface area contributed by atoms with E-state index in [0.29, 0.717) is 28.7 Å². The number of aromatic nitrogens is 4. The number of aryl methyl sites for hydroxylation is 1.